The summed E-state index contributed by atoms with van der Waals surface area (Å²) in [6.45, 7) is 5.03. The van der Waals surface area contributed by atoms with E-state index in [0.29, 0.717) is 5.69 Å². The Balaban J connectivity index is 2.47. The van der Waals surface area contributed by atoms with E-state index in [2.05, 4.69) is 10.6 Å². The molecule has 0 aliphatic heterocycles. The predicted octanol–water partition coefficient (Wildman–Crippen LogP) is 2.22. The zero-order valence-corrected chi connectivity index (χ0v) is 14.4. The number of anilines is 1. The van der Waals surface area contributed by atoms with Gasteiger partial charge in [-0.2, -0.15) is 5.26 Å². The van der Waals surface area contributed by atoms with Crippen molar-refractivity contribution in [2.45, 2.75) is 32.8 Å². The summed E-state index contributed by atoms with van der Waals surface area (Å²) in [6, 6.07) is 7.85. The first kappa shape index (κ1) is 20.0. The van der Waals surface area contributed by atoms with Crippen LogP contribution in [0.25, 0.3) is 0 Å². The van der Waals surface area contributed by atoms with Crippen molar-refractivity contribution in [3.63, 3.8) is 0 Å². The van der Waals surface area contributed by atoms with E-state index in [1.165, 1.54) is 24.3 Å². The van der Waals surface area contributed by atoms with Crippen LogP contribution in [0.5, 0.6) is 0 Å². The summed E-state index contributed by atoms with van der Waals surface area (Å²) in [5.41, 5.74) is 0.0846. The lowest BCUT2D eigenvalue weighted by Crippen LogP contribution is -2.29. The SMILES string of the molecule is CC(C)(C)OC(=O)Nc1ccc(C(=O)OCC(=O)NCCC#N)cc1. The molecule has 2 N–H and O–H groups in total. The van der Waals surface area contributed by atoms with Gasteiger partial charge in [0.2, 0.25) is 0 Å². The van der Waals surface area contributed by atoms with Crippen molar-refractivity contribution in [2.24, 2.45) is 0 Å². The fraction of sp³-hybridized carbons (Fsp3) is 0.412. The van der Waals surface area contributed by atoms with Crippen LogP contribution in [0.4, 0.5) is 10.5 Å². The molecule has 0 bridgehead atoms. The van der Waals surface area contributed by atoms with Crippen LogP contribution in [0.3, 0.4) is 0 Å². The molecule has 0 unspecified atom stereocenters. The first-order chi connectivity index (χ1) is 11.7. The van der Waals surface area contributed by atoms with Crippen LogP contribution in [-0.4, -0.2) is 36.7 Å². The molecule has 0 heterocycles. The monoisotopic (exact) mass is 347 g/mol. The average Bonchev–Trinajstić information content (AvgIpc) is 2.51. The van der Waals surface area contributed by atoms with Crippen molar-refractivity contribution in [3.8, 4) is 6.07 Å². The van der Waals surface area contributed by atoms with Gasteiger partial charge < -0.3 is 14.8 Å². The maximum Gasteiger partial charge on any atom is 0.412 e. The van der Waals surface area contributed by atoms with Gasteiger partial charge >= 0.3 is 12.1 Å². The molecule has 1 aromatic rings. The fourth-order valence-electron chi connectivity index (χ4n) is 1.63. The van der Waals surface area contributed by atoms with Gasteiger partial charge in [0, 0.05) is 12.2 Å². The molecular weight excluding hydrogens is 326 g/mol. The molecule has 1 aromatic carbocycles. The Labute approximate surface area is 146 Å². The second kappa shape index (κ2) is 9.27. The first-order valence-corrected chi connectivity index (χ1v) is 7.62. The van der Waals surface area contributed by atoms with Crippen molar-refractivity contribution >= 4 is 23.7 Å². The van der Waals surface area contributed by atoms with E-state index in [1.807, 2.05) is 6.07 Å². The number of carbonyl (C=O) groups is 3. The molecule has 0 aliphatic rings. The highest BCUT2D eigenvalue weighted by Gasteiger charge is 2.16. The van der Waals surface area contributed by atoms with Crippen LogP contribution in [0.15, 0.2) is 24.3 Å². The number of rotatable bonds is 6. The van der Waals surface area contributed by atoms with Crippen LogP contribution in [-0.2, 0) is 14.3 Å². The maximum atomic E-state index is 11.8. The zero-order chi connectivity index (χ0) is 18.9. The molecule has 8 nitrogen and oxygen atoms in total. The largest absolute Gasteiger partial charge is 0.452 e. The number of benzene rings is 1. The van der Waals surface area contributed by atoms with E-state index < -0.39 is 30.2 Å². The van der Waals surface area contributed by atoms with Gasteiger partial charge in [0.1, 0.15) is 5.60 Å². The molecule has 0 aliphatic carbocycles. The Morgan fingerprint density at radius 2 is 1.80 bits per heavy atom. The number of esters is 1. The molecule has 0 aromatic heterocycles. The van der Waals surface area contributed by atoms with Crippen molar-refractivity contribution in [2.75, 3.05) is 18.5 Å². The number of amides is 2. The quantitative estimate of drug-likeness (QED) is 0.602. The molecular formula is C17H21N3O5. The minimum absolute atomic E-state index is 0.186. The van der Waals surface area contributed by atoms with Crippen LogP contribution in [0, 0.1) is 11.3 Å². The number of hydrogen-bond donors (Lipinski definition) is 2. The van der Waals surface area contributed by atoms with Gasteiger partial charge in [0.15, 0.2) is 6.61 Å². The number of nitrogens with one attached hydrogen (secondary N) is 2. The fourth-order valence-corrected chi connectivity index (χ4v) is 1.63. The summed E-state index contributed by atoms with van der Waals surface area (Å²) < 4.78 is 9.98. The third kappa shape index (κ3) is 8.37. The van der Waals surface area contributed by atoms with E-state index in [-0.39, 0.29) is 18.5 Å². The minimum Gasteiger partial charge on any atom is -0.452 e. The molecule has 0 spiro atoms. The van der Waals surface area contributed by atoms with Gasteiger partial charge in [-0.25, -0.2) is 9.59 Å². The molecule has 0 atom stereocenters. The van der Waals surface area contributed by atoms with Gasteiger partial charge in [-0.3, -0.25) is 10.1 Å². The Bertz CT molecular complexity index is 656. The second-order valence-electron chi connectivity index (χ2n) is 6.04. The Kier molecular flexibility index (Phi) is 7.41. The highest BCUT2D eigenvalue weighted by atomic mass is 16.6. The Morgan fingerprint density at radius 1 is 1.16 bits per heavy atom. The summed E-state index contributed by atoms with van der Waals surface area (Å²) in [4.78, 5) is 34.9. The van der Waals surface area contributed by atoms with E-state index in [9.17, 15) is 14.4 Å². The lowest BCUT2D eigenvalue weighted by Gasteiger charge is -2.19. The molecule has 134 valence electrons. The third-order valence-corrected chi connectivity index (χ3v) is 2.66. The number of ether oxygens (including phenoxy) is 2. The second-order valence-corrected chi connectivity index (χ2v) is 6.04. The standard InChI is InChI=1S/C17H21N3O5/c1-17(2,3)25-16(23)20-13-7-5-12(6-8-13)15(22)24-11-14(21)19-10-4-9-18/h5-8H,4,10-11H2,1-3H3,(H,19,21)(H,20,23). The maximum absolute atomic E-state index is 11.8. The Morgan fingerprint density at radius 3 is 2.36 bits per heavy atom. The van der Waals surface area contributed by atoms with Gasteiger partial charge in [-0.05, 0) is 45.0 Å². The lowest BCUT2D eigenvalue weighted by atomic mass is 10.2. The van der Waals surface area contributed by atoms with Gasteiger partial charge in [-0.1, -0.05) is 0 Å². The van der Waals surface area contributed by atoms with Gasteiger partial charge in [0.05, 0.1) is 18.1 Å². The van der Waals surface area contributed by atoms with Crippen molar-refractivity contribution < 1.29 is 23.9 Å². The molecule has 2 amide bonds. The summed E-state index contributed by atoms with van der Waals surface area (Å²) in [6.07, 6.45) is -0.414. The molecule has 8 heteroatoms. The van der Waals surface area contributed by atoms with Gasteiger partial charge in [-0.15, -0.1) is 0 Å². The van der Waals surface area contributed by atoms with E-state index >= 15 is 0 Å². The highest BCUT2D eigenvalue weighted by molar-refractivity contribution is 5.92. The molecule has 0 saturated heterocycles. The Hall–Kier alpha value is -3.08. The molecule has 0 saturated carbocycles. The summed E-state index contributed by atoms with van der Waals surface area (Å²) in [5, 5.41) is 13.3. The molecule has 0 radical (unpaired) electrons. The minimum atomic E-state index is -0.667. The van der Waals surface area contributed by atoms with Crippen molar-refractivity contribution in [1.29, 1.82) is 5.26 Å². The highest BCUT2D eigenvalue weighted by Crippen LogP contribution is 2.13. The molecule has 0 fully saturated rings. The van der Waals surface area contributed by atoms with Crippen LogP contribution < -0.4 is 10.6 Å². The van der Waals surface area contributed by atoms with E-state index in [0.717, 1.165) is 0 Å². The smallest absolute Gasteiger partial charge is 0.412 e. The number of nitriles is 1. The first-order valence-electron chi connectivity index (χ1n) is 7.62. The van der Waals surface area contributed by atoms with Crippen LogP contribution >= 0.6 is 0 Å². The van der Waals surface area contributed by atoms with Gasteiger partial charge in [0.25, 0.3) is 5.91 Å². The normalized spacial score (nSPS) is 10.3. The summed E-state index contributed by atoms with van der Waals surface area (Å²) in [5.74, 6) is -1.15. The van der Waals surface area contributed by atoms with E-state index in [4.69, 9.17) is 14.7 Å². The molecule has 25 heavy (non-hydrogen) atoms. The number of nitrogens with zero attached hydrogens (tertiary/aromatic N) is 1. The van der Waals surface area contributed by atoms with Crippen molar-refractivity contribution in [3.05, 3.63) is 29.8 Å². The molecule has 1 rings (SSSR count). The van der Waals surface area contributed by atoms with Crippen molar-refractivity contribution in [1.82, 2.24) is 5.32 Å². The topological polar surface area (TPSA) is 118 Å². The third-order valence-electron chi connectivity index (χ3n) is 2.66. The lowest BCUT2D eigenvalue weighted by molar-refractivity contribution is -0.124. The summed E-state index contributed by atoms with van der Waals surface area (Å²) in [7, 11) is 0. The van der Waals surface area contributed by atoms with Crippen LogP contribution in [0.2, 0.25) is 0 Å². The summed E-state index contributed by atoms with van der Waals surface area (Å²) >= 11 is 0. The van der Waals surface area contributed by atoms with Crippen LogP contribution in [0.1, 0.15) is 37.6 Å². The average molecular weight is 347 g/mol. The number of hydrogen-bond acceptors (Lipinski definition) is 6. The number of carbonyl (C=O) groups excluding carboxylic acids is 3. The predicted molar refractivity (Wildman–Crippen MR) is 89.8 cm³/mol. The zero-order valence-electron chi connectivity index (χ0n) is 14.4. The van der Waals surface area contributed by atoms with E-state index in [1.54, 1.807) is 20.8 Å².